The fourth-order valence-corrected chi connectivity index (χ4v) is 2.76. The Morgan fingerprint density at radius 3 is 2.79 bits per heavy atom. The molecule has 3 rings (SSSR count). The zero-order valence-electron chi connectivity index (χ0n) is 15.5. The second-order valence-corrected chi connectivity index (χ2v) is 6.57. The van der Waals surface area contributed by atoms with Crippen LogP contribution in [0.25, 0.3) is 6.08 Å². The van der Waals surface area contributed by atoms with Gasteiger partial charge in [0.25, 0.3) is 11.8 Å². The van der Waals surface area contributed by atoms with Crippen molar-refractivity contribution in [3.63, 3.8) is 0 Å². The Balaban J connectivity index is 1.67. The van der Waals surface area contributed by atoms with Crippen LogP contribution in [0.1, 0.15) is 29.3 Å². The first-order valence-electron chi connectivity index (χ1n) is 9.03. The summed E-state index contributed by atoms with van der Waals surface area (Å²) in [4.78, 5) is 24.6. The van der Waals surface area contributed by atoms with Gasteiger partial charge in [-0.2, -0.15) is 0 Å². The Labute approximate surface area is 168 Å². The minimum Gasteiger partial charge on any atom is -0.449 e. The number of fused-ring (bicyclic) bond motifs is 1. The predicted octanol–water partition coefficient (Wildman–Crippen LogP) is 3.87. The predicted molar refractivity (Wildman–Crippen MR) is 109 cm³/mol. The monoisotopic (exact) mass is 400 g/mol. The topological polar surface area (TPSA) is 76.7 Å². The molecule has 0 radical (unpaired) electrons. The van der Waals surface area contributed by atoms with Crippen molar-refractivity contribution >= 4 is 35.2 Å². The van der Waals surface area contributed by atoms with Crippen LogP contribution in [0.15, 0.2) is 48.2 Å². The molecule has 0 atom stereocenters. The van der Waals surface area contributed by atoms with E-state index in [1.807, 2.05) is 6.92 Å². The molecule has 1 aliphatic rings. The molecule has 2 aromatic rings. The number of benzene rings is 2. The number of amides is 2. The van der Waals surface area contributed by atoms with E-state index in [-0.39, 0.29) is 17.6 Å². The lowest BCUT2D eigenvalue weighted by atomic mass is 10.1. The van der Waals surface area contributed by atoms with Crippen molar-refractivity contribution in [2.75, 3.05) is 25.1 Å². The van der Waals surface area contributed by atoms with Crippen molar-refractivity contribution in [2.24, 2.45) is 0 Å². The summed E-state index contributed by atoms with van der Waals surface area (Å²) < 4.78 is 10.9. The molecule has 0 bridgehead atoms. The fourth-order valence-electron chi connectivity index (χ4n) is 2.63. The minimum absolute atomic E-state index is 0.169. The highest BCUT2D eigenvalue weighted by atomic mass is 35.5. The normalized spacial score (nSPS) is 14.2. The summed E-state index contributed by atoms with van der Waals surface area (Å²) in [6, 6.07) is 12.0. The van der Waals surface area contributed by atoms with Crippen LogP contribution >= 0.6 is 11.6 Å². The Bertz CT molecular complexity index is 894. The van der Waals surface area contributed by atoms with Gasteiger partial charge in [-0.3, -0.25) is 9.59 Å². The number of anilines is 1. The van der Waals surface area contributed by atoms with Crippen molar-refractivity contribution in [3.05, 3.63) is 64.4 Å². The van der Waals surface area contributed by atoms with Crippen LogP contribution in [0.5, 0.6) is 5.75 Å². The summed E-state index contributed by atoms with van der Waals surface area (Å²) in [5, 5.41) is 6.21. The first-order valence-corrected chi connectivity index (χ1v) is 9.41. The quantitative estimate of drug-likeness (QED) is 0.546. The lowest BCUT2D eigenvalue weighted by molar-refractivity contribution is -0.115. The molecule has 2 aromatic carbocycles. The Morgan fingerprint density at radius 1 is 1.25 bits per heavy atom. The minimum atomic E-state index is -0.378. The number of hydrogen-bond acceptors (Lipinski definition) is 4. The third-order valence-electron chi connectivity index (χ3n) is 4.06. The molecule has 0 saturated carbocycles. The molecule has 2 amide bonds. The second kappa shape index (κ2) is 9.39. The molecule has 146 valence electrons. The van der Waals surface area contributed by atoms with E-state index < -0.39 is 0 Å². The van der Waals surface area contributed by atoms with Gasteiger partial charge >= 0.3 is 0 Å². The molecule has 1 aliphatic heterocycles. The Morgan fingerprint density at radius 2 is 2.04 bits per heavy atom. The zero-order chi connectivity index (χ0) is 19.9. The fraction of sp³-hybridized carbons (Fsp3) is 0.238. The molecule has 6 nitrogen and oxygen atoms in total. The first kappa shape index (κ1) is 19.9. The summed E-state index contributed by atoms with van der Waals surface area (Å²) >= 11 is 5.87. The maximum absolute atomic E-state index is 12.3. The maximum atomic E-state index is 12.3. The van der Waals surface area contributed by atoms with E-state index >= 15 is 0 Å². The van der Waals surface area contributed by atoms with Crippen LogP contribution in [0, 0.1) is 0 Å². The average molecular weight is 401 g/mol. The summed E-state index contributed by atoms with van der Waals surface area (Å²) in [6.45, 7) is 3.71. The van der Waals surface area contributed by atoms with Gasteiger partial charge in [0.05, 0.1) is 5.69 Å². The van der Waals surface area contributed by atoms with E-state index in [1.165, 1.54) is 0 Å². The first-order chi connectivity index (χ1) is 13.6. The number of halogens is 1. The van der Waals surface area contributed by atoms with Crippen molar-refractivity contribution in [1.29, 1.82) is 0 Å². The number of carbonyl (C=O) groups excluding carboxylic acids is 2. The molecule has 0 saturated heterocycles. The third kappa shape index (κ3) is 5.12. The largest absolute Gasteiger partial charge is 0.449 e. The Hall–Kier alpha value is -2.83. The van der Waals surface area contributed by atoms with Crippen LogP contribution in [-0.2, 0) is 9.53 Å². The zero-order valence-corrected chi connectivity index (χ0v) is 16.2. The van der Waals surface area contributed by atoms with Gasteiger partial charge in [0.1, 0.15) is 0 Å². The van der Waals surface area contributed by atoms with Gasteiger partial charge in [-0.05, 0) is 55.3 Å². The number of nitrogens with one attached hydrogen (secondary N) is 2. The SMILES string of the molecule is CCOCCCNC(=O)c1ccc2c(c1)NC(=O)/C(=C/c1ccc(Cl)cc1)O2. The van der Waals surface area contributed by atoms with Crippen LogP contribution in [0.4, 0.5) is 5.69 Å². The van der Waals surface area contributed by atoms with E-state index in [4.69, 9.17) is 21.1 Å². The molecule has 2 N–H and O–H groups in total. The summed E-state index contributed by atoms with van der Waals surface area (Å²) in [5.41, 5.74) is 1.70. The number of rotatable bonds is 7. The highest BCUT2D eigenvalue weighted by Crippen LogP contribution is 2.32. The van der Waals surface area contributed by atoms with Gasteiger partial charge in [0.15, 0.2) is 11.5 Å². The van der Waals surface area contributed by atoms with E-state index in [1.54, 1.807) is 48.5 Å². The van der Waals surface area contributed by atoms with Gasteiger partial charge < -0.3 is 20.1 Å². The Kier molecular flexibility index (Phi) is 6.68. The highest BCUT2D eigenvalue weighted by Gasteiger charge is 2.23. The van der Waals surface area contributed by atoms with E-state index in [2.05, 4.69) is 10.6 Å². The lowest BCUT2D eigenvalue weighted by Crippen LogP contribution is -2.27. The molecule has 0 spiro atoms. The summed E-state index contributed by atoms with van der Waals surface area (Å²) in [7, 11) is 0. The van der Waals surface area contributed by atoms with Crippen molar-refractivity contribution in [1.82, 2.24) is 5.32 Å². The second-order valence-electron chi connectivity index (χ2n) is 6.13. The smallest absolute Gasteiger partial charge is 0.291 e. The van der Waals surface area contributed by atoms with E-state index in [0.717, 1.165) is 12.0 Å². The van der Waals surface area contributed by atoms with Gasteiger partial charge in [0, 0.05) is 30.3 Å². The average Bonchev–Trinajstić information content (AvgIpc) is 2.69. The van der Waals surface area contributed by atoms with Crippen LogP contribution in [0.2, 0.25) is 5.02 Å². The summed E-state index contributed by atoms with van der Waals surface area (Å²) in [5.74, 6) is 0.0587. The molecule has 0 aromatic heterocycles. The van der Waals surface area contributed by atoms with Crippen molar-refractivity contribution in [2.45, 2.75) is 13.3 Å². The molecule has 28 heavy (non-hydrogen) atoms. The number of ether oxygens (including phenoxy) is 2. The highest BCUT2D eigenvalue weighted by molar-refractivity contribution is 6.30. The third-order valence-corrected chi connectivity index (χ3v) is 4.31. The van der Waals surface area contributed by atoms with Gasteiger partial charge in [-0.15, -0.1) is 0 Å². The molecule has 0 fully saturated rings. The lowest BCUT2D eigenvalue weighted by Gasteiger charge is -2.20. The van der Waals surface area contributed by atoms with E-state index in [9.17, 15) is 9.59 Å². The van der Waals surface area contributed by atoms with Crippen LogP contribution < -0.4 is 15.4 Å². The number of hydrogen-bond donors (Lipinski definition) is 2. The van der Waals surface area contributed by atoms with Gasteiger partial charge in [-0.1, -0.05) is 23.7 Å². The molecule has 1 heterocycles. The standard InChI is InChI=1S/C21H21ClN2O4/c1-2-27-11-3-10-23-20(25)15-6-9-18-17(13-15)24-21(26)19(28-18)12-14-4-7-16(22)8-5-14/h4-9,12-13H,2-3,10-11H2,1H3,(H,23,25)(H,24,26)/b19-12-. The van der Waals surface area contributed by atoms with Gasteiger partial charge in [-0.25, -0.2) is 0 Å². The van der Waals surface area contributed by atoms with Crippen molar-refractivity contribution in [3.8, 4) is 5.75 Å². The molecular formula is C21H21ClN2O4. The maximum Gasteiger partial charge on any atom is 0.291 e. The molecule has 7 heteroatoms. The van der Waals surface area contributed by atoms with Crippen molar-refractivity contribution < 1.29 is 19.1 Å². The summed E-state index contributed by atoms with van der Waals surface area (Å²) in [6.07, 6.45) is 2.37. The molecular weight excluding hydrogens is 380 g/mol. The van der Waals surface area contributed by atoms with Crippen LogP contribution in [0.3, 0.4) is 0 Å². The van der Waals surface area contributed by atoms with Crippen LogP contribution in [-0.4, -0.2) is 31.6 Å². The number of carbonyl (C=O) groups is 2. The van der Waals surface area contributed by atoms with E-state index in [0.29, 0.717) is 41.8 Å². The molecule has 0 aliphatic carbocycles. The molecule has 0 unspecified atom stereocenters. The van der Waals surface area contributed by atoms with Gasteiger partial charge in [0.2, 0.25) is 0 Å².